The summed E-state index contributed by atoms with van der Waals surface area (Å²) in [6.07, 6.45) is 2.78. The average Bonchev–Trinajstić information content (AvgIpc) is 2.67. The van der Waals surface area contributed by atoms with Crippen LogP contribution in [0.15, 0.2) is 36.5 Å². The van der Waals surface area contributed by atoms with Gasteiger partial charge in [-0.1, -0.05) is 23.4 Å². The molecule has 0 radical (unpaired) electrons. The van der Waals surface area contributed by atoms with Crippen molar-refractivity contribution >= 4 is 6.21 Å². The highest BCUT2D eigenvalue weighted by Gasteiger charge is 2.01. The lowest BCUT2D eigenvalue weighted by molar-refractivity contribution is 0.799. The Kier molecular flexibility index (Phi) is 1.88. The molecule has 0 fully saturated rings. The van der Waals surface area contributed by atoms with Gasteiger partial charge in [0, 0.05) is 6.21 Å². The van der Waals surface area contributed by atoms with Crippen LogP contribution in [0.25, 0.3) is 5.69 Å². The van der Waals surface area contributed by atoms with Crippen LogP contribution in [0, 0.1) is 5.41 Å². The van der Waals surface area contributed by atoms with Crippen molar-refractivity contribution in [2.75, 3.05) is 0 Å². The van der Waals surface area contributed by atoms with E-state index in [2.05, 4.69) is 10.3 Å². The molecular weight excluding hydrogens is 164 g/mol. The van der Waals surface area contributed by atoms with Crippen LogP contribution in [0.4, 0.5) is 0 Å². The lowest BCUT2D eigenvalue weighted by Crippen LogP contribution is -2.00. The Morgan fingerprint density at radius 1 is 1.23 bits per heavy atom. The standard InChI is InChI=1S/C9H8N4/c10-6-9-7-11-12-13(9)8-4-2-1-3-5-8/h1-7,10H. The number of benzene rings is 1. The molecule has 0 aliphatic rings. The van der Waals surface area contributed by atoms with E-state index in [4.69, 9.17) is 5.41 Å². The van der Waals surface area contributed by atoms with E-state index in [1.807, 2.05) is 30.3 Å². The molecule has 0 aliphatic carbocycles. The summed E-state index contributed by atoms with van der Waals surface area (Å²) >= 11 is 0. The summed E-state index contributed by atoms with van der Waals surface area (Å²) in [5.74, 6) is 0. The molecule has 0 saturated heterocycles. The van der Waals surface area contributed by atoms with Gasteiger partial charge in [-0.3, -0.25) is 0 Å². The summed E-state index contributed by atoms with van der Waals surface area (Å²) in [5, 5.41) is 14.7. The topological polar surface area (TPSA) is 54.6 Å². The highest BCUT2D eigenvalue weighted by atomic mass is 15.4. The summed E-state index contributed by atoms with van der Waals surface area (Å²) in [7, 11) is 0. The molecule has 1 heterocycles. The molecule has 0 saturated carbocycles. The van der Waals surface area contributed by atoms with Crippen LogP contribution in [-0.2, 0) is 0 Å². The van der Waals surface area contributed by atoms with Crippen molar-refractivity contribution in [3.8, 4) is 5.69 Å². The minimum Gasteiger partial charge on any atom is -0.306 e. The Balaban J connectivity index is 2.52. The van der Waals surface area contributed by atoms with Gasteiger partial charge in [0.05, 0.1) is 11.9 Å². The van der Waals surface area contributed by atoms with E-state index in [-0.39, 0.29) is 0 Å². The molecule has 2 aromatic rings. The van der Waals surface area contributed by atoms with Crippen LogP contribution in [0.2, 0.25) is 0 Å². The van der Waals surface area contributed by atoms with Crippen molar-refractivity contribution in [3.63, 3.8) is 0 Å². The van der Waals surface area contributed by atoms with Crippen molar-refractivity contribution in [3.05, 3.63) is 42.2 Å². The average molecular weight is 172 g/mol. The number of nitrogens with one attached hydrogen (secondary N) is 1. The molecule has 0 bridgehead atoms. The number of para-hydroxylation sites is 1. The largest absolute Gasteiger partial charge is 0.306 e. The number of hydrogen-bond donors (Lipinski definition) is 1. The van der Waals surface area contributed by atoms with Gasteiger partial charge >= 0.3 is 0 Å². The van der Waals surface area contributed by atoms with Gasteiger partial charge in [-0.25, -0.2) is 4.68 Å². The third-order valence-corrected chi connectivity index (χ3v) is 1.72. The Morgan fingerprint density at radius 3 is 2.69 bits per heavy atom. The highest BCUT2D eigenvalue weighted by molar-refractivity contribution is 5.74. The fraction of sp³-hybridized carbons (Fsp3) is 0. The quantitative estimate of drug-likeness (QED) is 0.693. The Labute approximate surface area is 75.3 Å². The molecule has 2 rings (SSSR count). The zero-order chi connectivity index (χ0) is 9.10. The maximum absolute atomic E-state index is 7.12. The number of rotatable bonds is 2. The molecule has 0 amide bonds. The molecule has 1 N–H and O–H groups in total. The van der Waals surface area contributed by atoms with Crippen LogP contribution in [-0.4, -0.2) is 21.2 Å². The second-order valence-electron chi connectivity index (χ2n) is 2.55. The van der Waals surface area contributed by atoms with E-state index in [1.54, 1.807) is 10.9 Å². The second-order valence-corrected chi connectivity index (χ2v) is 2.55. The molecule has 0 spiro atoms. The third kappa shape index (κ3) is 1.33. The van der Waals surface area contributed by atoms with Gasteiger partial charge in [0.2, 0.25) is 0 Å². The van der Waals surface area contributed by atoms with E-state index >= 15 is 0 Å². The normalized spacial score (nSPS) is 9.85. The monoisotopic (exact) mass is 172 g/mol. The molecular formula is C9H8N4. The lowest BCUT2D eigenvalue weighted by Gasteiger charge is -2.00. The Bertz CT molecular complexity index is 405. The first kappa shape index (κ1) is 7.67. The van der Waals surface area contributed by atoms with E-state index < -0.39 is 0 Å². The molecule has 0 atom stereocenters. The first-order valence-corrected chi connectivity index (χ1v) is 3.88. The van der Waals surface area contributed by atoms with Gasteiger partial charge in [-0.15, -0.1) is 5.10 Å². The van der Waals surface area contributed by atoms with Crippen LogP contribution in [0.5, 0.6) is 0 Å². The summed E-state index contributed by atoms with van der Waals surface area (Å²) in [6, 6.07) is 9.61. The SMILES string of the molecule is N=Cc1cnnn1-c1ccccc1. The van der Waals surface area contributed by atoms with Crippen molar-refractivity contribution in [2.45, 2.75) is 0 Å². The van der Waals surface area contributed by atoms with Gasteiger partial charge in [-0.2, -0.15) is 0 Å². The molecule has 0 unspecified atom stereocenters. The molecule has 4 heteroatoms. The van der Waals surface area contributed by atoms with E-state index in [0.29, 0.717) is 5.69 Å². The van der Waals surface area contributed by atoms with Crippen molar-refractivity contribution in [1.29, 1.82) is 5.41 Å². The molecule has 0 aliphatic heterocycles. The van der Waals surface area contributed by atoms with Crippen molar-refractivity contribution < 1.29 is 0 Å². The van der Waals surface area contributed by atoms with Crippen molar-refractivity contribution in [2.24, 2.45) is 0 Å². The van der Waals surface area contributed by atoms with Gasteiger partial charge < -0.3 is 5.41 Å². The molecule has 13 heavy (non-hydrogen) atoms. The van der Waals surface area contributed by atoms with Crippen LogP contribution < -0.4 is 0 Å². The smallest absolute Gasteiger partial charge is 0.105 e. The first-order valence-electron chi connectivity index (χ1n) is 3.88. The van der Waals surface area contributed by atoms with Crippen molar-refractivity contribution in [1.82, 2.24) is 15.0 Å². The lowest BCUT2D eigenvalue weighted by atomic mass is 10.3. The molecule has 1 aromatic heterocycles. The van der Waals surface area contributed by atoms with Crippen LogP contribution >= 0.6 is 0 Å². The molecule has 4 nitrogen and oxygen atoms in total. The zero-order valence-electron chi connectivity index (χ0n) is 6.88. The zero-order valence-corrected chi connectivity index (χ0v) is 6.88. The van der Waals surface area contributed by atoms with Crippen LogP contribution in [0.1, 0.15) is 5.69 Å². The summed E-state index contributed by atoms with van der Waals surface area (Å²) in [6.45, 7) is 0. The predicted molar refractivity (Wildman–Crippen MR) is 49.2 cm³/mol. The van der Waals surface area contributed by atoms with E-state index in [0.717, 1.165) is 5.69 Å². The Hall–Kier alpha value is -1.97. The highest BCUT2D eigenvalue weighted by Crippen LogP contribution is 2.06. The van der Waals surface area contributed by atoms with Gasteiger partial charge in [0.15, 0.2) is 0 Å². The number of nitrogens with zero attached hydrogens (tertiary/aromatic N) is 3. The van der Waals surface area contributed by atoms with Gasteiger partial charge in [0.1, 0.15) is 5.69 Å². The fourth-order valence-electron chi connectivity index (χ4n) is 1.11. The van der Waals surface area contributed by atoms with Crippen LogP contribution in [0.3, 0.4) is 0 Å². The predicted octanol–water partition coefficient (Wildman–Crippen LogP) is 1.26. The van der Waals surface area contributed by atoms with Gasteiger partial charge in [0.25, 0.3) is 0 Å². The van der Waals surface area contributed by atoms with Gasteiger partial charge in [-0.05, 0) is 12.1 Å². The van der Waals surface area contributed by atoms with E-state index in [9.17, 15) is 0 Å². The molecule has 64 valence electrons. The maximum atomic E-state index is 7.12. The molecule has 1 aromatic carbocycles. The first-order chi connectivity index (χ1) is 6.42. The number of hydrogen-bond acceptors (Lipinski definition) is 3. The van der Waals surface area contributed by atoms with E-state index in [1.165, 1.54) is 6.21 Å². The summed E-state index contributed by atoms with van der Waals surface area (Å²) < 4.78 is 1.62. The minimum absolute atomic E-state index is 0.672. The Morgan fingerprint density at radius 2 is 2.00 bits per heavy atom. The second kappa shape index (κ2) is 3.18. The maximum Gasteiger partial charge on any atom is 0.105 e. The number of aromatic nitrogens is 3. The summed E-state index contributed by atoms with van der Waals surface area (Å²) in [4.78, 5) is 0. The minimum atomic E-state index is 0.672. The third-order valence-electron chi connectivity index (χ3n) is 1.72. The fourth-order valence-corrected chi connectivity index (χ4v) is 1.11. The summed E-state index contributed by atoms with van der Waals surface area (Å²) in [5.41, 5.74) is 1.59.